The summed E-state index contributed by atoms with van der Waals surface area (Å²) in [5.41, 5.74) is 6.36. The van der Waals surface area contributed by atoms with Crippen molar-refractivity contribution in [1.29, 1.82) is 0 Å². The molecule has 4 aromatic rings. The standard InChI is InChI=1S/C22H21N3O/c1-15-13-16(2)23-22-20(15)21(18-9-11-19(26-3)12-10-18)24-25(22)14-17-7-5-4-6-8-17/h4-13H,14H2,1-3H3. The fourth-order valence-corrected chi connectivity index (χ4v) is 3.33. The zero-order chi connectivity index (χ0) is 18.1. The molecule has 0 bridgehead atoms. The number of hydrogen-bond acceptors (Lipinski definition) is 3. The third kappa shape index (κ3) is 2.94. The number of aryl methyl sites for hydroxylation is 2. The molecule has 0 N–H and O–H groups in total. The Hall–Kier alpha value is -3.14. The van der Waals surface area contributed by atoms with Gasteiger partial charge in [-0.2, -0.15) is 5.10 Å². The van der Waals surface area contributed by atoms with Crippen molar-refractivity contribution in [3.63, 3.8) is 0 Å². The SMILES string of the molecule is COc1ccc(-c2nn(Cc3ccccc3)c3nc(C)cc(C)c23)cc1. The van der Waals surface area contributed by atoms with Crippen LogP contribution < -0.4 is 4.74 Å². The minimum absolute atomic E-state index is 0.698. The first kappa shape index (κ1) is 16.3. The molecule has 130 valence electrons. The Kier molecular flexibility index (Phi) is 4.17. The molecule has 26 heavy (non-hydrogen) atoms. The van der Waals surface area contributed by atoms with Crippen LogP contribution in [-0.4, -0.2) is 21.9 Å². The van der Waals surface area contributed by atoms with Gasteiger partial charge in [0.15, 0.2) is 5.65 Å². The van der Waals surface area contributed by atoms with Gasteiger partial charge in [-0.15, -0.1) is 0 Å². The van der Waals surface area contributed by atoms with Crippen LogP contribution in [0, 0.1) is 13.8 Å². The topological polar surface area (TPSA) is 39.9 Å². The van der Waals surface area contributed by atoms with Crippen LogP contribution in [0.5, 0.6) is 5.75 Å². The van der Waals surface area contributed by atoms with E-state index in [1.54, 1.807) is 7.11 Å². The lowest BCUT2D eigenvalue weighted by Gasteiger charge is -2.04. The van der Waals surface area contributed by atoms with E-state index in [1.165, 1.54) is 11.1 Å². The van der Waals surface area contributed by atoms with Crippen LogP contribution in [0.25, 0.3) is 22.3 Å². The number of aromatic nitrogens is 3. The number of methoxy groups -OCH3 is 1. The van der Waals surface area contributed by atoms with E-state index >= 15 is 0 Å². The summed E-state index contributed by atoms with van der Waals surface area (Å²) in [4.78, 5) is 4.79. The van der Waals surface area contributed by atoms with Crippen LogP contribution in [0.1, 0.15) is 16.8 Å². The van der Waals surface area contributed by atoms with Crippen molar-refractivity contribution in [2.24, 2.45) is 0 Å². The molecule has 0 aliphatic rings. The fourth-order valence-electron chi connectivity index (χ4n) is 3.33. The van der Waals surface area contributed by atoms with Crippen LogP contribution in [0.15, 0.2) is 60.7 Å². The highest BCUT2D eigenvalue weighted by atomic mass is 16.5. The number of hydrogen-bond donors (Lipinski definition) is 0. The van der Waals surface area contributed by atoms with Gasteiger partial charge in [0, 0.05) is 16.6 Å². The van der Waals surface area contributed by atoms with Gasteiger partial charge in [-0.05, 0) is 55.3 Å². The monoisotopic (exact) mass is 343 g/mol. The molecule has 4 heteroatoms. The van der Waals surface area contributed by atoms with Crippen molar-refractivity contribution in [2.75, 3.05) is 7.11 Å². The third-order valence-corrected chi connectivity index (χ3v) is 4.57. The third-order valence-electron chi connectivity index (χ3n) is 4.57. The summed E-state index contributed by atoms with van der Waals surface area (Å²) in [6, 6.07) is 20.5. The molecule has 0 unspecified atom stereocenters. The van der Waals surface area contributed by atoms with Gasteiger partial charge in [0.2, 0.25) is 0 Å². The van der Waals surface area contributed by atoms with Crippen LogP contribution in [-0.2, 0) is 6.54 Å². The summed E-state index contributed by atoms with van der Waals surface area (Å²) in [6.45, 7) is 4.85. The number of benzene rings is 2. The number of pyridine rings is 1. The molecule has 0 radical (unpaired) electrons. The molecule has 0 aliphatic heterocycles. The van der Waals surface area contributed by atoms with Gasteiger partial charge in [-0.25, -0.2) is 9.67 Å². The average molecular weight is 343 g/mol. The number of ether oxygens (including phenoxy) is 1. The minimum atomic E-state index is 0.698. The van der Waals surface area contributed by atoms with Gasteiger partial charge in [-0.3, -0.25) is 0 Å². The first-order valence-electron chi connectivity index (χ1n) is 8.69. The Labute approximate surface area is 153 Å². The van der Waals surface area contributed by atoms with E-state index in [0.29, 0.717) is 6.54 Å². The molecule has 0 saturated carbocycles. The van der Waals surface area contributed by atoms with Crippen molar-refractivity contribution >= 4 is 11.0 Å². The van der Waals surface area contributed by atoms with Crippen molar-refractivity contribution in [3.8, 4) is 17.0 Å². The molecule has 2 aromatic heterocycles. The van der Waals surface area contributed by atoms with Gasteiger partial charge in [-0.1, -0.05) is 30.3 Å². The van der Waals surface area contributed by atoms with Crippen LogP contribution in [0.4, 0.5) is 0 Å². The summed E-state index contributed by atoms with van der Waals surface area (Å²) < 4.78 is 7.28. The number of fused-ring (bicyclic) bond motifs is 1. The second-order valence-electron chi connectivity index (χ2n) is 6.50. The smallest absolute Gasteiger partial charge is 0.159 e. The molecule has 0 aliphatic carbocycles. The van der Waals surface area contributed by atoms with Crippen LogP contribution in [0.2, 0.25) is 0 Å². The largest absolute Gasteiger partial charge is 0.497 e. The van der Waals surface area contributed by atoms with Crippen molar-refractivity contribution in [3.05, 3.63) is 77.5 Å². The second-order valence-corrected chi connectivity index (χ2v) is 6.50. The summed E-state index contributed by atoms with van der Waals surface area (Å²) in [5, 5.41) is 6.03. The van der Waals surface area contributed by atoms with Gasteiger partial charge in [0.1, 0.15) is 11.4 Å². The highest BCUT2D eigenvalue weighted by Crippen LogP contribution is 2.31. The van der Waals surface area contributed by atoms with E-state index in [1.807, 2.05) is 41.9 Å². The maximum atomic E-state index is 5.28. The van der Waals surface area contributed by atoms with E-state index in [-0.39, 0.29) is 0 Å². The minimum Gasteiger partial charge on any atom is -0.497 e. The molecule has 4 nitrogen and oxygen atoms in total. The maximum Gasteiger partial charge on any atom is 0.159 e. The highest BCUT2D eigenvalue weighted by Gasteiger charge is 2.16. The summed E-state index contributed by atoms with van der Waals surface area (Å²) in [6.07, 6.45) is 0. The van der Waals surface area contributed by atoms with E-state index in [2.05, 4.69) is 37.3 Å². The van der Waals surface area contributed by atoms with Crippen molar-refractivity contribution < 1.29 is 4.74 Å². The molecule has 0 spiro atoms. The molecule has 0 saturated heterocycles. The molecule has 2 heterocycles. The van der Waals surface area contributed by atoms with Crippen molar-refractivity contribution in [1.82, 2.24) is 14.8 Å². The lowest BCUT2D eigenvalue weighted by Crippen LogP contribution is -2.03. The fraction of sp³-hybridized carbons (Fsp3) is 0.182. The number of rotatable bonds is 4. The van der Waals surface area contributed by atoms with Gasteiger partial charge >= 0.3 is 0 Å². The maximum absolute atomic E-state index is 5.28. The predicted octanol–water partition coefficient (Wildman–Crippen LogP) is 4.77. The Morgan fingerprint density at radius 1 is 0.962 bits per heavy atom. The predicted molar refractivity (Wildman–Crippen MR) is 105 cm³/mol. The molecule has 0 atom stereocenters. The van der Waals surface area contributed by atoms with E-state index < -0.39 is 0 Å². The Morgan fingerprint density at radius 3 is 2.38 bits per heavy atom. The Balaban J connectivity index is 1.89. The quantitative estimate of drug-likeness (QED) is 0.536. The lowest BCUT2D eigenvalue weighted by molar-refractivity contribution is 0.415. The molecule has 4 rings (SSSR count). The van der Waals surface area contributed by atoms with Gasteiger partial charge in [0.05, 0.1) is 13.7 Å². The zero-order valence-electron chi connectivity index (χ0n) is 15.2. The van der Waals surface area contributed by atoms with Crippen molar-refractivity contribution in [2.45, 2.75) is 20.4 Å². The zero-order valence-corrected chi connectivity index (χ0v) is 15.2. The highest BCUT2D eigenvalue weighted by molar-refractivity contribution is 5.94. The van der Waals surface area contributed by atoms with E-state index in [4.69, 9.17) is 14.8 Å². The summed E-state index contributed by atoms with van der Waals surface area (Å²) >= 11 is 0. The van der Waals surface area contributed by atoms with Crippen LogP contribution in [0.3, 0.4) is 0 Å². The van der Waals surface area contributed by atoms with Crippen LogP contribution >= 0.6 is 0 Å². The van der Waals surface area contributed by atoms with E-state index in [9.17, 15) is 0 Å². The molecule has 0 amide bonds. The first-order valence-corrected chi connectivity index (χ1v) is 8.69. The molecule has 0 fully saturated rings. The Bertz CT molecular complexity index is 1050. The lowest BCUT2D eigenvalue weighted by atomic mass is 10.1. The first-order chi connectivity index (χ1) is 12.7. The normalized spacial score (nSPS) is 11.0. The average Bonchev–Trinajstić information content (AvgIpc) is 3.01. The molecular weight excluding hydrogens is 322 g/mol. The Morgan fingerprint density at radius 2 is 1.69 bits per heavy atom. The summed E-state index contributed by atoms with van der Waals surface area (Å²) in [7, 11) is 1.68. The second kappa shape index (κ2) is 6.64. The van der Waals surface area contributed by atoms with Gasteiger partial charge < -0.3 is 4.74 Å². The summed E-state index contributed by atoms with van der Waals surface area (Å²) in [5.74, 6) is 0.840. The van der Waals surface area contributed by atoms with E-state index in [0.717, 1.165) is 33.7 Å². The van der Waals surface area contributed by atoms with Gasteiger partial charge in [0.25, 0.3) is 0 Å². The number of nitrogens with zero attached hydrogens (tertiary/aromatic N) is 3. The molecular formula is C22H21N3O. The molecule has 2 aromatic carbocycles.